The van der Waals surface area contributed by atoms with E-state index in [1.807, 2.05) is 6.92 Å². The molecule has 8 heteroatoms. The van der Waals surface area contributed by atoms with E-state index < -0.39 is 0 Å². The molecule has 0 aromatic carbocycles. The SMILES string of the molecule is Cc1cnc(-c2noc([C@H]3CCCNC3)n2)[nH]1.Cl.Cl. The highest BCUT2D eigenvalue weighted by Gasteiger charge is 2.22. The average Bonchev–Trinajstić information content (AvgIpc) is 2.98. The van der Waals surface area contributed by atoms with Gasteiger partial charge < -0.3 is 14.8 Å². The largest absolute Gasteiger partial charge is 0.339 e. The summed E-state index contributed by atoms with van der Waals surface area (Å²) in [6, 6.07) is 0. The number of nitrogens with zero attached hydrogens (tertiary/aromatic N) is 3. The molecular formula is C11H17Cl2N5O. The maximum Gasteiger partial charge on any atom is 0.238 e. The Labute approximate surface area is 123 Å². The van der Waals surface area contributed by atoms with E-state index in [1.54, 1.807) is 6.20 Å². The van der Waals surface area contributed by atoms with Crippen LogP contribution < -0.4 is 5.32 Å². The number of halogens is 2. The summed E-state index contributed by atoms with van der Waals surface area (Å²) in [5, 5.41) is 7.30. The van der Waals surface area contributed by atoms with Crippen LogP contribution in [-0.4, -0.2) is 33.2 Å². The molecule has 3 rings (SSSR count). The van der Waals surface area contributed by atoms with Crippen LogP contribution in [0.2, 0.25) is 0 Å². The minimum atomic E-state index is 0. The van der Waals surface area contributed by atoms with Crippen molar-refractivity contribution in [1.82, 2.24) is 25.4 Å². The fraction of sp³-hybridized carbons (Fsp3) is 0.545. The maximum atomic E-state index is 5.31. The van der Waals surface area contributed by atoms with E-state index >= 15 is 0 Å². The van der Waals surface area contributed by atoms with Crippen molar-refractivity contribution in [3.05, 3.63) is 17.8 Å². The van der Waals surface area contributed by atoms with Gasteiger partial charge >= 0.3 is 0 Å². The molecule has 1 aliphatic heterocycles. The van der Waals surface area contributed by atoms with E-state index in [4.69, 9.17) is 4.52 Å². The molecule has 0 bridgehead atoms. The number of piperidine rings is 1. The Morgan fingerprint density at radius 3 is 2.84 bits per heavy atom. The number of H-pyrrole nitrogens is 1. The minimum Gasteiger partial charge on any atom is -0.339 e. The maximum absolute atomic E-state index is 5.31. The molecule has 1 aliphatic rings. The van der Waals surface area contributed by atoms with E-state index in [0.717, 1.165) is 31.6 Å². The van der Waals surface area contributed by atoms with Gasteiger partial charge in [-0.2, -0.15) is 4.98 Å². The molecule has 0 spiro atoms. The van der Waals surface area contributed by atoms with E-state index in [9.17, 15) is 0 Å². The molecular weight excluding hydrogens is 289 g/mol. The van der Waals surface area contributed by atoms with Crippen molar-refractivity contribution in [3.8, 4) is 11.6 Å². The van der Waals surface area contributed by atoms with Gasteiger partial charge in [-0.15, -0.1) is 24.8 Å². The number of nitrogens with one attached hydrogen (secondary N) is 2. The Kier molecular flexibility index (Phi) is 5.78. The summed E-state index contributed by atoms with van der Waals surface area (Å²) in [4.78, 5) is 11.7. The molecule has 2 N–H and O–H groups in total. The first-order chi connectivity index (χ1) is 8.33. The van der Waals surface area contributed by atoms with Gasteiger partial charge in [0.1, 0.15) is 0 Å². The smallest absolute Gasteiger partial charge is 0.238 e. The molecule has 106 valence electrons. The molecule has 0 saturated carbocycles. The van der Waals surface area contributed by atoms with Crippen LogP contribution in [-0.2, 0) is 0 Å². The third kappa shape index (κ3) is 3.46. The first-order valence-electron chi connectivity index (χ1n) is 5.89. The first-order valence-corrected chi connectivity index (χ1v) is 5.89. The molecule has 3 heterocycles. The summed E-state index contributed by atoms with van der Waals surface area (Å²) in [5.74, 6) is 2.25. The number of aromatic amines is 1. The summed E-state index contributed by atoms with van der Waals surface area (Å²) in [6.45, 7) is 3.94. The monoisotopic (exact) mass is 305 g/mol. The van der Waals surface area contributed by atoms with Crippen molar-refractivity contribution in [2.75, 3.05) is 13.1 Å². The van der Waals surface area contributed by atoms with Gasteiger partial charge in [0, 0.05) is 18.4 Å². The Balaban J connectivity index is 0.000000902. The van der Waals surface area contributed by atoms with Gasteiger partial charge in [0.15, 0.2) is 5.82 Å². The second kappa shape index (κ2) is 6.88. The lowest BCUT2D eigenvalue weighted by molar-refractivity contribution is 0.322. The van der Waals surface area contributed by atoms with Gasteiger partial charge in [-0.1, -0.05) is 5.16 Å². The van der Waals surface area contributed by atoms with Crippen molar-refractivity contribution >= 4 is 24.8 Å². The summed E-state index contributed by atoms with van der Waals surface area (Å²) in [5.41, 5.74) is 0.991. The predicted octanol–water partition coefficient (Wildman–Crippen LogP) is 2.08. The molecule has 1 saturated heterocycles. The lowest BCUT2D eigenvalue weighted by Gasteiger charge is -2.18. The molecule has 0 unspecified atom stereocenters. The quantitative estimate of drug-likeness (QED) is 0.888. The molecule has 6 nitrogen and oxygen atoms in total. The zero-order valence-corrected chi connectivity index (χ0v) is 12.2. The molecule has 19 heavy (non-hydrogen) atoms. The summed E-state index contributed by atoms with van der Waals surface area (Å²) in [6.07, 6.45) is 4.02. The van der Waals surface area contributed by atoms with Crippen LogP contribution in [0.4, 0.5) is 0 Å². The Bertz CT molecular complexity index is 507. The highest BCUT2D eigenvalue weighted by atomic mass is 35.5. The molecule has 0 amide bonds. The normalized spacial score (nSPS) is 18.5. The zero-order valence-electron chi connectivity index (χ0n) is 10.5. The molecule has 2 aromatic heterocycles. The molecule has 0 aliphatic carbocycles. The van der Waals surface area contributed by atoms with E-state index in [2.05, 4.69) is 25.4 Å². The van der Waals surface area contributed by atoms with Crippen LogP contribution in [0.3, 0.4) is 0 Å². The van der Waals surface area contributed by atoms with Crippen molar-refractivity contribution < 1.29 is 4.52 Å². The average molecular weight is 306 g/mol. The van der Waals surface area contributed by atoms with Crippen LogP contribution in [0.5, 0.6) is 0 Å². The summed E-state index contributed by atoms with van der Waals surface area (Å²) >= 11 is 0. The van der Waals surface area contributed by atoms with E-state index in [-0.39, 0.29) is 24.8 Å². The lowest BCUT2D eigenvalue weighted by atomic mass is 10.00. The highest BCUT2D eigenvalue weighted by Crippen LogP contribution is 2.23. The van der Waals surface area contributed by atoms with Crippen molar-refractivity contribution in [2.45, 2.75) is 25.7 Å². The summed E-state index contributed by atoms with van der Waals surface area (Å²) in [7, 11) is 0. The van der Waals surface area contributed by atoms with Crippen LogP contribution in [0, 0.1) is 6.92 Å². The van der Waals surface area contributed by atoms with Gasteiger partial charge in [-0.3, -0.25) is 0 Å². The van der Waals surface area contributed by atoms with Crippen molar-refractivity contribution in [2.24, 2.45) is 0 Å². The zero-order chi connectivity index (χ0) is 11.7. The Morgan fingerprint density at radius 1 is 1.37 bits per heavy atom. The molecule has 2 aromatic rings. The van der Waals surface area contributed by atoms with Gasteiger partial charge in [0.2, 0.25) is 11.7 Å². The van der Waals surface area contributed by atoms with Crippen LogP contribution in [0.1, 0.15) is 30.3 Å². The van der Waals surface area contributed by atoms with Crippen LogP contribution in [0.15, 0.2) is 10.7 Å². The number of imidazole rings is 1. The van der Waals surface area contributed by atoms with Gasteiger partial charge in [0.05, 0.1) is 5.92 Å². The number of aryl methyl sites for hydroxylation is 1. The van der Waals surface area contributed by atoms with E-state index in [1.165, 1.54) is 0 Å². The van der Waals surface area contributed by atoms with Gasteiger partial charge in [0.25, 0.3) is 0 Å². The van der Waals surface area contributed by atoms with Gasteiger partial charge in [-0.25, -0.2) is 4.98 Å². The number of aromatic nitrogens is 4. The van der Waals surface area contributed by atoms with Crippen LogP contribution in [0.25, 0.3) is 11.6 Å². The fourth-order valence-corrected chi connectivity index (χ4v) is 2.09. The highest BCUT2D eigenvalue weighted by molar-refractivity contribution is 5.85. The molecule has 1 fully saturated rings. The molecule has 0 radical (unpaired) electrons. The van der Waals surface area contributed by atoms with Crippen molar-refractivity contribution in [3.63, 3.8) is 0 Å². The molecule has 1 atom stereocenters. The minimum absolute atomic E-state index is 0. The third-order valence-electron chi connectivity index (χ3n) is 3.00. The first kappa shape index (κ1) is 15.9. The standard InChI is InChI=1S/C11H15N5O.2ClH/c1-7-5-13-9(14-7)10-15-11(17-16-10)8-3-2-4-12-6-8;;/h5,8,12H,2-4,6H2,1H3,(H,13,14);2*1H/t8-;;/m0../s1. The van der Waals surface area contributed by atoms with Crippen LogP contribution >= 0.6 is 24.8 Å². The lowest BCUT2D eigenvalue weighted by Crippen LogP contribution is -2.28. The number of hydrogen-bond acceptors (Lipinski definition) is 5. The second-order valence-electron chi connectivity index (χ2n) is 4.41. The third-order valence-corrected chi connectivity index (χ3v) is 3.00. The Morgan fingerprint density at radius 2 is 2.21 bits per heavy atom. The number of rotatable bonds is 2. The second-order valence-corrected chi connectivity index (χ2v) is 4.41. The number of hydrogen-bond donors (Lipinski definition) is 2. The predicted molar refractivity (Wildman–Crippen MR) is 76.0 cm³/mol. The fourth-order valence-electron chi connectivity index (χ4n) is 2.09. The topological polar surface area (TPSA) is 79.6 Å². The van der Waals surface area contributed by atoms with Crippen molar-refractivity contribution in [1.29, 1.82) is 0 Å². The Hall–Kier alpha value is -1.11. The van der Waals surface area contributed by atoms with Gasteiger partial charge in [-0.05, 0) is 26.3 Å². The van der Waals surface area contributed by atoms with E-state index in [0.29, 0.717) is 23.5 Å². The summed E-state index contributed by atoms with van der Waals surface area (Å²) < 4.78 is 5.31.